The van der Waals surface area contributed by atoms with E-state index in [1.807, 2.05) is 0 Å². The molecule has 0 bridgehead atoms. The van der Waals surface area contributed by atoms with Crippen molar-refractivity contribution in [3.05, 3.63) is 35.7 Å². The van der Waals surface area contributed by atoms with Crippen molar-refractivity contribution in [2.24, 2.45) is 0 Å². The quantitative estimate of drug-likeness (QED) is 0.0430. The van der Waals surface area contributed by atoms with E-state index in [0.29, 0.717) is 115 Å². The third kappa shape index (κ3) is 19.5. The summed E-state index contributed by atoms with van der Waals surface area (Å²) in [4.78, 5) is 53.3. The Balaban J connectivity index is 1.72. The molecule has 1 unspecified atom stereocenters. The van der Waals surface area contributed by atoms with E-state index in [9.17, 15) is 19.2 Å². The number of carbonyl (C=O) groups is 4. The molecule has 0 aliphatic carbocycles. The number of aromatic nitrogens is 9. The predicted molar refractivity (Wildman–Crippen MR) is 213 cm³/mol. The van der Waals surface area contributed by atoms with Gasteiger partial charge in [-0.1, -0.05) is 0 Å². The van der Waals surface area contributed by atoms with Crippen LogP contribution in [-0.2, 0) is 47.9 Å². The summed E-state index contributed by atoms with van der Waals surface area (Å²) in [7, 11) is -1.41. The van der Waals surface area contributed by atoms with E-state index in [2.05, 4.69) is 90.6 Å². The van der Waals surface area contributed by atoms with Crippen LogP contribution in [0.25, 0.3) is 0 Å². The molecule has 58 heavy (non-hydrogen) atoms. The molecule has 21 nitrogen and oxygen atoms in total. The Morgan fingerprint density at radius 2 is 1.12 bits per heavy atom. The fourth-order valence-electron chi connectivity index (χ4n) is 5.84. The molecule has 3 aromatic heterocycles. The minimum absolute atomic E-state index is 0.0280. The van der Waals surface area contributed by atoms with Crippen LogP contribution < -0.4 is 21.3 Å². The van der Waals surface area contributed by atoms with Gasteiger partial charge in [-0.05, 0) is 40.5 Å². The number of nitrogens with zero attached hydrogens (tertiary/aromatic N) is 11. The van der Waals surface area contributed by atoms with Crippen LogP contribution in [0.3, 0.4) is 0 Å². The molecule has 0 saturated carbocycles. The molecule has 0 spiro atoms. The van der Waals surface area contributed by atoms with Gasteiger partial charge >= 0.3 is 286 Å². The van der Waals surface area contributed by atoms with E-state index in [1.54, 1.807) is 26.1 Å². The number of carbonyl (C=O) groups excluding carboxylic acids is 4. The summed E-state index contributed by atoms with van der Waals surface area (Å²) in [5.41, 5.74) is 0.820. The molecule has 0 radical (unpaired) electrons. The van der Waals surface area contributed by atoms with Crippen molar-refractivity contribution < 1.29 is 28.2 Å². The second-order valence-corrected chi connectivity index (χ2v) is 21.7. The molecule has 0 aliphatic heterocycles. The maximum absolute atomic E-state index is 13.7. The van der Waals surface area contributed by atoms with Gasteiger partial charge in [0.25, 0.3) is 8.53 Å². The summed E-state index contributed by atoms with van der Waals surface area (Å²) in [5, 5.41) is 44.9. The van der Waals surface area contributed by atoms with Crippen molar-refractivity contribution in [3.63, 3.8) is 0 Å². The number of hydrogen-bond donors (Lipinski definition) is 4. The van der Waals surface area contributed by atoms with E-state index < -0.39 is 14.1 Å². The van der Waals surface area contributed by atoms with Gasteiger partial charge in [-0.25, -0.2) is 4.67 Å². The third-order valence-corrected chi connectivity index (χ3v) is 13.7. The van der Waals surface area contributed by atoms with Gasteiger partial charge in [0.2, 0.25) is 0 Å². The molecule has 25 heteroatoms. The van der Waals surface area contributed by atoms with Crippen molar-refractivity contribution >= 4 is 110 Å². The maximum atomic E-state index is 13.7. The summed E-state index contributed by atoms with van der Waals surface area (Å²) >= 11 is 1.35. The van der Waals surface area contributed by atoms with Crippen LogP contribution in [0.2, 0.25) is 0 Å². The Morgan fingerprint density at radius 3 is 1.48 bits per heavy atom. The first-order valence-corrected chi connectivity index (χ1v) is 26.1. The van der Waals surface area contributed by atoms with Crippen LogP contribution in [0, 0.1) is 11.3 Å². The second-order valence-electron chi connectivity index (χ2n) is 14.1. The van der Waals surface area contributed by atoms with Gasteiger partial charge in [-0.3, -0.25) is 0 Å². The van der Waals surface area contributed by atoms with Crippen molar-refractivity contribution in [1.82, 2.24) is 64.3 Å². The molecule has 0 fully saturated rings. The van der Waals surface area contributed by atoms with Gasteiger partial charge in [0.05, 0.1) is 25.7 Å². The van der Waals surface area contributed by atoms with E-state index in [-0.39, 0.29) is 113 Å². The third-order valence-electron chi connectivity index (χ3n) is 8.63. The second kappa shape index (κ2) is 26.9. The number of nitrogens with one attached hydrogen (secondary N) is 4. The fourth-order valence-corrected chi connectivity index (χ4v) is 10.1. The summed E-state index contributed by atoms with van der Waals surface area (Å²) in [6, 6.07) is 2.43. The first-order valence-electron chi connectivity index (χ1n) is 19.0. The zero-order chi connectivity index (χ0) is 42.5. The van der Waals surface area contributed by atoms with Gasteiger partial charge in [-0.15, -0.1) is 0 Å². The molecule has 0 aromatic carbocycles. The van der Waals surface area contributed by atoms with Gasteiger partial charge < -0.3 is 9.05 Å². The van der Waals surface area contributed by atoms with Crippen molar-refractivity contribution in [2.75, 3.05) is 13.2 Å². The molecule has 4 N–H and O–H groups in total. The van der Waals surface area contributed by atoms with Gasteiger partial charge in [0.15, 0.2) is 0 Å². The van der Waals surface area contributed by atoms with Crippen molar-refractivity contribution in [3.8, 4) is 6.07 Å². The topological polar surface area (TPSA) is 254 Å². The molecule has 3 rings (SSSR count). The fraction of sp³-hybridized carbons (Fsp3) is 0.667. The monoisotopic (exact) mass is 1400 g/mol. The average Bonchev–Trinajstić information content (AvgIpc) is 3.92. The van der Waals surface area contributed by atoms with Crippen molar-refractivity contribution in [2.45, 2.75) is 129 Å². The Kier molecular flexibility index (Phi) is 23.3. The van der Waals surface area contributed by atoms with Crippen LogP contribution in [0.5, 0.6) is 0 Å². The van der Waals surface area contributed by atoms with E-state index in [0.717, 1.165) is 0 Å². The number of rotatable bonds is 28. The Hall–Kier alpha value is -2.13. The number of nitriles is 1. The van der Waals surface area contributed by atoms with E-state index >= 15 is 0 Å². The first kappa shape index (κ1) is 50.2. The van der Waals surface area contributed by atoms with E-state index in [4.69, 9.17) is 14.3 Å². The summed E-state index contributed by atoms with van der Waals surface area (Å²) in [6.45, 7) is 9.49. The van der Waals surface area contributed by atoms with Crippen LogP contribution in [0.15, 0.2) is 18.6 Å². The Labute approximate surface area is 388 Å². The molecule has 308 valence electrons. The molecule has 1 atom stereocenters. The van der Waals surface area contributed by atoms with Crippen molar-refractivity contribution in [1.29, 1.82) is 5.26 Å². The summed E-state index contributed by atoms with van der Waals surface area (Å²) < 4.78 is 19.4. The molecule has 0 aliphatic rings. The summed E-state index contributed by atoms with van der Waals surface area (Å²) in [5.74, 6) is -1.06. The molecule has 4 amide bonds. The van der Waals surface area contributed by atoms with E-state index in [1.165, 1.54) is 0 Å². The number of amides is 4. The van der Waals surface area contributed by atoms with Crippen LogP contribution >= 0.6 is 8.53 Å². The normalized spacial score (nSPS) is 12.1. The average molecular weight is 1400 g/mol. The molecule has 3 heterocycles. The SMILES string of the molecule is CC(C)N(C(C)C)P(OCCC#N)OCCCCC(=O)NC(CCC(=O)NCc1c[n]([Tl])nn1)(CCC(=O)NCc1c[n]([Tl])nn1)CCC(=O)NCc1c[n]([Tl])nn1. The molecular weight excluding hydrogens is 1350 g/mol. The predicted octanol–water partition coefficient (Wildman–Crippen LogP) is 0.163. The Morgan fingerprint density at radius 1 is 0.707 bits per heavy atom. The molecular formula is C33H51N15O6PTl3. The zero-order valence-electron chi connectivity index (χ0n) is 33.5. The first-order chi connectivity index (χ1) is 27.7. The van der Waals surface area contributed by atoms with Gasteiger partial charge in [0.1, 0.15) is 0 Å². The molecule has 3 aromatic rings. The van der Waals surface area contributed by atoms with Gasteiger partial charge in [-0.2, -0.15) is 5.26 Å². The number of hydrogen-bond acceptors (Lipinski definition) is 14. The summed E-state index contributed by atoms with van der Waals surface area (Å²) in [6.07, 6.45) is 7.44. The van der Waals surface area contributed by atoms with Crippen LogP contribution in [-0.4, -0.2) is 176 Å². The zero-order valence-corrected chi connectivity index (χ0v) is 47.9. The minimum atomic E-state index is -1.41. The van der Waals surface area contributed by atoms with Crippen LogP contribution in [0.4, 0.5) is 0 Å². The molecule has 0 saturated heterocycles. The van der Waals surface area contributed by atoms with Gasteiger partial charge in [0, 0.05) is 12.1 Å². The standard InChI is InChI=1S/C33H54N15O6P.3Tl/c1-24(2)48(25(3)4)55(54-17-7-15-34)53-16-6-5-8-32(52)41-33(12-9-29(49)35-18-26-21-38-45-42-26,13-10-30(50)36-19-27-22-39-46-43-27)14-11-31(51)37-20-28-23-40-47-44-28;;;/h21-25H,5-14,16-20H2,1-4H3,(H7,35,36,37,38,39,40,41,42,43,44,45,46,47,49,50,51,52);;;/q;3*+1/p-3. The van der Waals surface area contributed by atoms with Crippen LogP contribution in [0.1, 0.15) is 109 Å². The number of unbranched alkanes of at least 4 members (excludes halogenated alkanes) is 1. The Bertz CT molecular complexity index is 1630.